The third kappa shape index (κ3) is 3.06. The molecule has 1 aromatic heterocycles. The summed E-state index contributed by atoms with van der Waals surface area (Å²) < 4.78 is 25.4. The molecule has 0 saturated carbocycles. The van der Waals surface area contributed by atoms with Gasteiger partial charge in [0.1, 0.15) is 0 Å². The molecule has 0 aliphatic carbocycles. The molecule has 0 aromatic carbocycles. The maximum Gasteiger partial charge on any atom is 0.356 e. The summed E-state index contributed by atoms with van der Waals surface area (Å²) in [5, 5.41) is 8.89. The average molecular weight is 292 g/mol. The first-order valence-corrected chi connectivity index (χ1v) is 7.75. The largest absolute Gasteiger partial charge is 0.476 e. The van der Waals surface area contributed by atoms with Gasteiger partial charge in [-0.25, -0.2) is 18.2 Å². The van der Waals surface area contributed by atoms with E-state index in [0.717, 1.165) is 17.8 Å². The lowest BCUT2D eigenvalue weighted by molar-refractivity contribution is 0.0687. The van der Waals surface area contributed by atoms with Crippen LogP contribution in [-0.4, -0.2) is 42.4 Å². The Kier molecular flexibility index (Phi) is 4.83. The van der Waals surface area contributed by atoms with Gasteiger partial charge in [-0.2, -0.15) is 4.31 Å². The zero-order chi connectivity index (χ0) is 13.9. The summed E-state index contributed by atoms with van der Waals surface area (Å²) in [6, 6.07) is 0. The maximum absolute atomic E-state index is 12.2. The molecule has 0 fully saturated rings. The van der Waals surface area contributed by atoms with Crippen molar-refractivity contribution in [3.8, 4) is 0 Å². The first kappa shape index (κ1) is 15.1. The fourth-order valence-corrected chi connectivity index (χ4v) is 3.99. The molecule has 1 rings (SSSR count). The summed E-state index contributed by atoms with van der Waals surface area (Å²) in [4.78, 5) is 14.5. The van der Waals surface area contributed by atoms with Crippen LogP contribution in [-0.2, 0) is 10.0 Å². The molecular weight excluding hydrogens is 276 g/mol. The number of thiazole rings is 1. The molecule has 6 nitrogen and oxygen atoms in total. The van der Waals surface area contributed by atoms with Crippen LogP contribution in [0, 0.1) is 5.92 Å². The van der Waals surface area contributed by atoms with Crippen molar-refractivity contribution in [3.05, 3.63) is 11.2 Å². The van der Waals surface area contributed by atoms with Crippen molar-refractivity contribution in [2.75, 3.05) is 13.6 Å². The van der Waals surface area contributed by atoms with Crippen molar-refractivity contribution in [2.45, 2.75) is 24.5 Å². The molecule has 1 atom stereocenters. The SMILES string of the molecule is CCC(C)CN(C)S(=O)(=O)c1scnc1C(=O)O. The van der Waals surface area contributed by atoms with Gasteiger partial charge < -0.3 is 5.11 Å². The maximum atomic E-state index is 12.2. The van der Waals surface area contributed by atoms with Gasteiger partial charge in [0.05, 0.1) is 5.51 Å². The molecule has 0 aliphatic rings. The molecule has 0 amide bonds. The second kappa shape index (κ2) is 5.77. The number of aromatic carboxylic acids is 1. The zero-order valence-electron chi connectivity index (χ0n) is 10.5. The Morgan fingerprint density at radius 2 is 2.22 bits per heavy atom. The molecular formula is C10H16N2O4S2. The Bertz CT molecular complexity index is 524. The van der Waals surface area contributed by atoms with E-state index in [-0.39, 0.29) is 10.1 Å². The number of aromatic nitrogens is 1. The van der Waals surface area contributed by atoms with Gasteiger partial charge in [0.25, 0.3) is 10.0 Å². The fourth-order valence-electron chi connectivity index (χ4n) is 1.37. The van der Waals surface area contributed by atoms with Crippen LogP contribution >= 0.6 is 11.3 Å². The normalized spacial score (nSPS) is 13.8. The number of sulfonamides is 1. The molecule has 1 aromatic rings. The highest BCUT2D eigenvalue weighted by molar-refractivity contribution is 7.91. The van der Waals surface area contributed by atoms with Crippen LogP contribution < -0.4 is 0 Å². The third-order valence-corrected chi connectivity index (χ3v) is 5.82. The van der Waals surface area contributed by atoms with E-state index < -0.39 is 21.7 Å². The average Bonchev–Trinajstić information content (AvgIpc) is 2.78. The minimum absolute atomic E-state index is 0.208. The van der Waals surface area contributed by atoms with Gasteiger partial charge in [-0.1, -0.05) is 20.3 Å². The minimum Gasteiger partial charge on any atom is -0.476 e. The summed E-state index contributed by atoms with van der Waals surface area (Å²) in [7, 11) is -2.32. The van der Waals surface area contributed by atoms with Crippen molar-refractivity contribution in [2.24, 2.45) is 5.92 Å². The summed E-state index contributed by atoms with van der Waals surface area (Å²) >= 11 is 0.826. The number of carboxylic acid groups (broad SMARTS) is 1. The van der Waals surface area contributed by atoms with Crippen molar-refractivity contribution in [3.63, 3.8) is 0 Å². The molecule has 1 unspecified atom stereocenters. The Balaban J connectivity index is 3.06. The van der Waals surface area contributed by atoms with E-state index >= 15 is 0 Å². The van der Waals surface area contributed by atoms with Crippen molar-refractivity contribution >= 4 is 27.3 Å². The van der Waals surface area contributed by atoms with Crippen molar-refractivity contribution < 1.29 is 18.3 Å². The lowest BCUT2D eigenvalue weighted by atomic mass is 10.1. The standard InChI is InChI=1S/C10H16N2O4S2/c1-4-7(2)5-12(3)18(15,16)10-8(9(13)14)11-6-17-10/h6-7H,4-5H2,1-3H3,(H,13,14). The number of hydrogen-bond donors (Lipinski definition) is 1. The van der Waals surface area contributed by atoms with E-state index in [1.165, 1.54) is 16.9 Å². The summed E-state index contributed by atoms with van der Waals surface area (Å²) in [5.74, 6) is -1.11. The predicted molar refractivity (Wildman–Crippen MR) is 68.3 cm³/mol. The topological polar surface area (TPSA) is 87.6 Å². The molecule has 102 valence electrons. The van der Waals surface area contributed by atoms with E-state index in [1.54, 1.807) is 0 Å². The first-order valence-electron chi connectivity index (χ1n) is 5.43. The molecule has 8 heteroatoms. The molecule has 1 heterocycles. The number of carbonyl (C=O) groups is 1. The van der Waals surface area contributed by atoms with Crippen LogP contribution in [0.2, 0.25) is 0 Å². The van der Waals surface area contributed by atoms with Gasteiger partial charge in [0.2, 0.25) is 0 Å². The number of carboxylic acids is 1. The summed E-state index contributed by atoms with van der Waals surface area (Å²) in [5.41, 5.74) is 0.823. The van der Waals surface area contributed by atoms with Crippen LogP contribution in [0.25, 0.3) is 0 Å². The van der Waals surface area contributed by atoms with Crippen molar-refractivity contribution in [1.29, 1.82) is 0 Å². The number of nitrogens with zero attached hydrogens (tertiary/aromatic N) is 2. The second-order valence-electron chi connectivity index (χ2n) is 4.09. The van der Waals surface area contributed by atoms with E-state index in [9.17, 15) is 13.2 Å². The van der Waals surface area contributed by atoms with Crippen LogP contribution in [0.5, 0.6) is 0 Å². The lowest BCUT2D eigenvalue weighted by Crippen LogP contribution is -2.31. The highest BCUT2D eigenvalue weighted by Gasteiger charge is 2.29. The summed E-state index contributed by atoms with van der Waals surface area (Å²) in [6.07, 6.45) is 0.855. The van der Waals surface area contributed by atoms with Gasteiger partial charge in [-0.15, -0.1) is 11.3 Å². The van der Waals surface area contributed by atoms with Crippen LogP contribution in [0.15, 0.2) is 9.72 Å². The third-order valence-electron chi connectivity index (χ3n) is 2.65. The van der Waals surface area contributed by atoms with Crippen LogP contribution in [0.4, 0.5) is 0 Å². The molecule has 0 bridgehead atoms. The van der Waals surface area contributed by atoms with E-state index in [2.05, 4.69) is 4.98 Å². The van der Waals surface area contributed by atoms with E-state index in [4.69, 9.17) is 5.11 Å². The molecule has 18 heavy (non-hydrogen) atoms. The van der Waals surface area contributed by atoms with Gasteiger partial charge in [-0.3, -0.25) is 0 Å². The molecule has 0 saturated heterocycles. The fraction of sp³-hybridized carbons (Fsp3) is 0.600. The van der Waals surface area contributed by atoms with Crippen LogP contribution in [0.3, 0.4) is 0 Å². The Morgan fingerprint density at radius 3 is 2.72 bits per heavy atom. The Labute approximate surface area is 110 Å². The predicted octanol–water partition coefficient (Wildman–Crippen LogP) is 1.51. The van der Waals surface area contributed by atoms with E-state index in [1.807, 2.05) is 13.8 Å². The van der Waals surface area contributed by atoms with Gasteiger partial charge in [-0.05, 0) is 5.92 Å². The van der Waals surface area contributed by atoms with Gasteiger partial charge in [0, 0.05) is 13.6 Å². The highest BCUT2D eigenvalue weighted by atomic mass is 32.2. The van der Waals surface area contributed by atoms with Gasteiger partial charge >= 0.3 is 5.97 Å². The molecule has 0 aliphatic heterocycles. The molecule has 1 N–H and O–H groups in total. The zero-order valence-corrected chi connectivity index (χ0v) is 12.1. The second-order valence-corrected chi connectivity index (χ2v) is 7.19. The summed E-state index contributed by atoms with van der Waals surface area (Å²) in [6.45, 7) is 4.27. The van der Waals surface area contributed by atoms with Crippen molar-refractivity contribution in [1.82, 2.24) is 9.29 Å². The van der Waals surface area contributed by atoms with E-state index in [0.29, 0.717) is 6.54 Å². The quantitative estimate of drug-likeness (QED) is 0.858. The molecule has 0 spiro atoms. The minimum atomic E-state index is -3.77. The lowest BCUT2D eigenvalue weighted by Gasteiger charge is -2.19. The molecule has 0 radical (unpaired) electrons. The Hall–Kier alpha value is -0.990. The smallest absolute Gasteiger partial charge is 0.356 e. The number of rotatable bonds is 6. The Morgan fingerprint density at radius 1 is 1.61 bits per heavy atom. The number of hydrogen-bond acceptors (Lipinski definition) is 5. The highest BCUT2D eigenvalue weighted by Crippen LogP contribution is 2.24. The van der Waals surface area contributed by atoms with Gasteiger partial charge in [0.15, 0.2) is 9.90 Å². The monoisotopic (exact) mass is 292 g/mol. The van der Waals surface area contributed by atoms with Crippen LogP contribution in [0.1, 0.15) is 30.8 Å². The first-order chi connectivity index (χ1) is 8.30.